The Kier molecular flexibility index (Phi) is 3.54. The molecule has 0 amide bonds. The van der Waals surface area contributed by atoms with Crippen LogP contribution in [0.2, 0.25) is 0 Å². The molecule has 0 saturated carbocycles. The molecule has 0 unspecified atom stereocenters. The predicted molar refractivity (Wildman–Crippen MR) is 83.0 cm³/mol. The first-order valence-electron chi connectivity index (χ1n) is 6.93. The third kappa shape index (κ3) is 2.36. The SMILES string of the molecule is Cc1nc2c(N3C[C@H](C)C[C@H]3CO)c([N+](=O)[O-])ccc2s1. The van der Waals surface area contributed by atoms with E-state index in [1.807, 2.05) is 11.8 Å². The number of aliphatic hydroxyl groups is 1. The van der Waals surface area contributed by atoms with Crippen LogP contribution in [-0.2, 0) is 0 Å². The van der Waals surface area contributed by atoms with Crippen molar-refractivity contribution in [2.24, 2.45) is 5.92 Å². The van der Waals surface area contributed by atoms with Crippen LogP contribution in [0.15, 0.2) is 12.1 Å². The zero-order valence-corrected chi connectivity index (χ0v) is 12.8. The maximum Gasteiger partial charge on any atom is 0.294 e. The number of nitrogens with zero attached hydrogens (tertiary/aromatic N) is 3. The first kappa shape index (κ1) is 14.2. The van der Waals surface area contributed by atoms with Crippen LogP contribution >= 0.6 is 11.3 Å². The van der Waals surface area contributed by atoms with Crippen LogP contribution in [0.3, 0.4) is 0 Å². The molecule has 1 aromatic carbocycles. The van der Waals surface area contributed by atoms with Gasteiger partial charge >= 0.3 is 0 Å². The Morgan fingerprint density at radius 2 is 2.33 bits per heavy atom. The van der Waals surface area contributed by atoms with E-state index >= 15 is 0 Å². The molecule has 3 rings (SSSR count). The Morgan fingerprint density at radius 3 is 3.00 bits per heavy atom. The molecule has 0 spiro atoms. The van der Waals surface area contributed by atoms with E-state index in [0.717, 1.165) is 16.1 Å². The molecule has 1 saturated heterocycles. The molecule has 21 heavy (non-hydrogen) atoms. The maximum absolute atomic E-state index is 11.4. The Bertz CT molecular complexity index is 700. The van der Waals surface area contributed by atoms with Crippen molar-refractivity contribution in [3.63, 3.8) is 0 Å². The number of aromatic nitrogens is 1. The highest BCUT2D eigenvalue weighted by atomic mass is 32.1. The van der Waals surface area contributed by atoms with Crippen molar-refractivity contribution in [1.82, 2.24) is 4.98 Å². The molecule has 1 fully saturated rings. The van der Waals surface area contributed by atoms with Crippen molar-refractivity contribution in [3.05, 3.63) is 27.3 Å². The Labute approximate surface area is 126 Å². The van der Waals surface area contributed by atoms with Crippen LogP contribution in [0.5, 0.6) is 0 Å². The van der Waals surface area contributed by atoms with Gasteiger partial charge in [-0.15, -0.1) is 11.3 Å². The van der Waals surface area contributed by atoms with Gasteiger partial charge < -0.3 is 10.0 Å². The average molecular weight is 307 g/mol. The van der Waals surface area contributed by atoms with Crippen molar-refractivity contribution in [2.45, 2.75) is 26.3 Å². The minimum absolute atomic E-state index is 0.000993. The van der Waals surface area contributed by atoms with Gasteiger partial charge in [-0.2, -0.15) is 0 Å². The van der Waals surface area contributed by atoms with Gasteiger partial charge in [-0.25, -0.2) is 4.98 Å². The number of aryl methyl sites for hydroxylation is 1. The van der Waals surface area contributed by atoms with Gasteiger partial charge in [-0.1, -0.05) is 6.92 Å². The van der Waals surface area contributed by atoms with Gasteiger partial charge in [0, 0.05) is 12.6 Å². The van der Waals surface area contributed by atoms with Gasteiger partial charge in [0.05, 0.1) is 27.3 Å². The van der Waals surface area contributed by atoms with Gasteiger partial charge in [0.25, 0.3) is 5.69 Å². The number of benzene rings is 1. The number of nitro benzene ring substituents is 1. The molecule has 112 valence electrons. The van der Waals surface area contributed by atoms with Crippen molar-refractivity contribution < 1.29 is 10.0 Å². The first-order valence-corrected chi connectivity index (χ1v) is 7.75. The normalized spacial score (nSPS) is 22.1. The van der Waals surface area contributed by atoms with E-state index in [-0.39, 0.29) is 23.3 Å². The molecule has 0 radical (unpaired) electrons. The molecular weight excluding hydrogens is 290 g/mol. The third-order valence-electron chi connectivity index (χ3n) is 3.94. The third-order valence-corrected chi connectivity index (χ3v) is 4.87. The Balaban J connectivity index is 2.23. The molecule has 7 heteroatoms. The summed E-state index contributed by atoms with van der Waals surface area (Å²) in [6.07, 6.45) is 0.840. The van der Waals surface area contributed by atoms with E-state index in [1.165, 1.54) is 11.3 Å². The van der Waals surface area contributed by atoms with E-state index in [0.29, 0.717) is 23.7 Å². The summed E-state index contributed by atoms with van der Waals surface area (Å²) in [5.74, 6) is 0.400. The second-order valence-corrected chi connectivity index (χ2v) is 6.83. The number of nitro groups is 1. The summed E-state index contributed by atoms with van der Waals surface area (Å²) < 4.78 is 0.948. The smallest absolute Gasteiger partial charge is 0.294 e. The molecule has 6 nitrogen and oxygen atoms in total. The monoisotopic (exact) mass is 307 g/mol. The fourth-order valence-electron chi connectivity index (χ4n) is 3.11. The molecule has 0 bridgehead atoms. The second-order valence-electron chi connectivity index (χ2n) is 5.60. The number of thiazole rings is 1. The minimum Gasteiger partial charge on any atom is -0.394 e. The number of hydrogen-bond donors (Lipinski definition) is 1. The van der Waals surface area contributed by atoms with E-state index in [1.54, 1.807) is 12.1 Å². The predicted octanol–water partition coefficient (Wildman–Crippen LogP) is 2.72. The highest BCUT2D eigenvalue weighted by Gasteiger charge is 2.35. The van der Waals surface area contributed by atoms with Crippen LogP contribution in [0, 0.1) is 23.0 Å². The summed E-state index contributed by atoms with van der Waals surface area (Å²) in [6, 6.07) is 3.23. The van der Waals surface area contributed by atoms with Gasteiger partial charge in [0.15, 0.2) is 0 Å². The zero-order valence-electron chi connectivity index (χ0n) is 11.9. The van der Waals surface area contributed by atoms with Crippen LogP contribution in [-0.4, -0.2) is 34.2 Å². The molecule has 2 heterocycles. The number of hydrogen-bond acceptors (Lipinski definition) is 6. The number of aliphatic hydroxyl groups excluding tert-OH is 1. The quantitative estimate of drug-likeness (QED) is 0.696. The van der Waals surface area contributed by atoms with Crippen molar-refractivity contribution in [3.8, 4) is 0 Å². The fraction of sp³-hybridized carbons (Fsp3) is 0.500. The molecule has 1 N–H and O–H groups in total. The summed E-state index contributed by atoms with van der Waals surface area (Å²) in [5.41, 5.74) is 1.31. The number of anilines is 1. The van der Waals surface area contributed by atoms with Crippen LogP contribution in [0.1, 0.15) is 18.4 Å². The van der Waals surface area contributed by atoms with E-state index in [2.05, 4.69) is 11.9 Å². The molecule has 1 aliphatic rings. The molecule has 2 aromatic rings. The lowest BCUT2D eigenvalue weighted by Gasteiger charge is -2.25. The standard InChI is InChI=1S/C14H17N3O3S/c1-8-5-10(7-18)16(6-8)14-11(17(19)20)3-4-12-13(14)15-9(2)21-12/h3-4,8,10,18H,5-7H2,1-2H3/t8-,10+/m1/s1. The molecule has 0 aliphatic carbocycles. The molecule has 1 aromatic heterocycles. The average Bonchev–Trinajstić information content (AvgIpc) is 2.98. The topological polar surface area (TPSA) is 79.5 Å². The minimum atomic E-state index is -0.360. The van der Waals surface area contributed by atoms with Crippen LogP contribution < -0.4 is 4.90 Å². The number of fused-ring (bicyclic) bond motifs is 1. The summed E-state index contributed by atoms with van der Waals surface area (Å²) in [5, 5.41) is 21.9. The lowest BCUT2D eigenvalue weighted by molar-refractivity contribution is -0.384. The fourth-order valence-corrected chi connectivity index (χ4v) is 3.94. The Hall–Kier alpha value is -1.73. The van der Waals surface area contributed by atoms with E-state index < -0.39 is 0 Å². The summed E-state index contributed by atoms with van der Waals surface area (Å²) >= 11 is 1.53. The van der Waals surface area contributed by atoms with Crippen LogP contribution in [0.4, 0.5) is 11.4 Å². The molecule has 1 aliphatic heterocycles. The van der Waals surface area contributed by atoms with Gasteiger partial charge in [0.2, 0.25) is 0 Å². The summed E-state index contributed by atoms with van der Waals surface area (Å²) in [7, 11) is 0. The van der Waals surface area contributed by atoms with Crippen molar-refractivity contribution in [2.75, 3.05) is 18.1 Å². The van der Waals surface area contributed by atoms with Gasteiger partial charge in [0.1, 0.15) is 11.2 Å². The lowest BCUT2D eigenvalue weighted by atomic mass is 10.1. The maximum atomic E-state index is 11.4. The zero-order chi connectivity index (χ0) is 15.1. The highest BCUT2D eigenvalue weighted by Crippen LogP contribution is 2.41. The Morgan fingerprint density at radius 1 is 1.57 bits per heavy atom. The number of rotatable bonds is 3. The van der Waals surface area contributed by atoms with Crippen LogP contribution in [0.25, 0.3) is 10.2 Å². The summed E-state index contributed by atoms with van der Waals surface area (Å²) in [4.78, 5) is 17.5. The lowest BCUT2D eigenvalue weighted by Crippen LogP contribution is -2.32. The second kappa shape index (κ2) is 5.23. The molecular formula is C14H17N3O3S. The largest absolute Gasteiger partial charge is 0.394 e. The first-order chi connectivity index (χ1) is 10.0. The van der Waals surface area contributed by atoms with Crippen molar-refractivity contribution in [1.29, 1.82) is 0 Å². The summed E-state index contributed by atoms with van der Waals surface area (Å²) in [6.45, 7) is 4.71. The van der Waals surface area contributed by atoms with E-state index in [9.17, 15) is 15.2 Å². The van der Waals surface area contributed by atoms with Crippen molar-refractivity contribution >= 4 is 32.9 Å². The van der Waals surface area contributed by atoms with Gasteiger partial charge in [-0.3, -0.25) is 10.1 Å². The van der Waals surface area contributed by atoms with E-state index in [4.69, 9.17) is 0 Å². The molecule has 2 atom stereocenters. The highest BCUT2D eigenvalue weighted by molar-refractivity contribution is 7.18. The van der Waals surface area contributed by atoms with Gasteiger partial charge in [-0.05, 0) is 25.3 Å².